The number of benzene rings is 1. The van der Waals surface area contributed by atoms with Crippen LogP contribution in [0, 0.1) is 11.3 Å². The van der Waals surface area contributed by atoms with E-state index >= 15 is 0 Å². The minimum absolute atomic E-state index is 0.0496. The average molecular weight is 343 g/mol. The van der Waals surface area contributed by atoms with E-state index in [0.717, 1.165) is 12.5 Å². The summed E-state index contributed by atoms with van der Waals surface area (Å²) in [5.74, 6) is 0.285. The van der Waals surface area contributed by atoms with Crippen molar-refractivity contribution in [1.29, 1.82) is 5.26 Å². The van der Waals surface area contributed by atoms with E-state index in [9.17, 15) is 8.42 Å². The summed E-state index contributed by atoms with van der Waals surface area (Å²) in [4.78, 5) is -0.252. The Balaban J connectivity index is 2.77. The highest BCUT2D eigenvalue weighted by Gasteiger charge is 2.18. The van der Waals surface area contributed by atoms with Crippen LogP contribution in [0.2, 0.25) is 10.0 Å². The number of rotatable bonds is 6. The van der Waals surface area contributed by atoms with Gasteiger partial charge in [0.1, 0.15) is 10.6 Å². The molecule has 4 nitrogen and oxygen atoms in total. The number of unbranched alkanes of at least 4 members (excludes halogenated alkanes) is 2. The Morgan fingerprint density at radius 3 is 2.47 bits per heavy atom. The van der Waals surface area contributed by atoms with Crippen LogP contribution < -0.4 is 4.74 Å². The Hall–Kier alpha value is -0.670. The van der Waals surface area contributed by atoms with E-state index in [1.54, 1.807) is 0 Å². The molecule has 0 saturated carbocycles. The summed E-state index contributed by atoms with van der Waals surface area (Å²) >= 11 is 11.7. The number of nitriles is 1. The summed E-state index contributed by atoms with van der Waals surface area (Å²) in [6.07, 6.45) is 1.87. The summed E-state index contributed by atoms with van der Waals surface area (Å²) in [5.41, 5.74) is 0. The van der Waals surface area contributed by atoms with Crippen molar-refractivity contribution in [3.8, 4) is 11.8 Å². The van der Waals surface area contributed by atoms with E-state index in [-0.39, 0.29) is 20.7 Å². The van der Waals surface area contributed by atoms with Gasteiger partial charge in [-0.05, 0) is 18.9 Å². The molecule has 0 amide bonds. The SMILES string of the molecule is N#CCCCCOc1cc(Cl)c(S(=O)(=O)Cl)cc1Cl. The van der Waals surface area contributed by atoms with E-state index in [0.29, 0.717) is 19.4 Å². The summed E-state index contributed by atoms with van der Waals surface area (Å²) < 4.78 is 27.8. The largest absolute Gasteiger partial charge is 0.492 e. The maximum absolute atomic E-state index is 11.2. The molecule has 0 atom stereocenters. The van der Waals surface area contributed by atoms with Crippen molar-refractivity contribution in [1.82, 2.24) is 0 Å². The van der Waals surface area contributed by atoms with Crippen LogP contribution in [0.5, 0.6) is 5.75 Å². The molecule has 1 aromatic carbocycles. The van der Waals surface area contributed by atoms with Gasteiger partial charge in [-0.15, -0.1) is 0 Å². The van der Waals surface area contributed by atoms with Crippen molar-refractivity contribution in [3.63, 3.8) is 0 Å². The fourth-order valence-electron chi connectivity index (χ4n) is 1.30. The predicted molar refractivity (Wildman–Crippen MR) is 74.5 cm³/mol. The topological polar surface area (TPSA) is 67.2 Å². The third kappa shape index (κ3) is 5.07. The number of ether oxygens (including phenoxy) is 1. The monoisotopic (exact) mass is 341 g/mol. The second-order valence-electron chi connectivity index (χ2n) is 3.61. The molecular formula is C11H10Cl3NO3S. The van der Waals surface area contributed by atoms with Gasteiger partial charge in [-0.1, -0.05) is 23.2 Å². The van der Waals surface area contributed by atoms with Gasteiger partial charge in [0, 0.05) is 23.2 Å². The molecule has 0 spiro atoms. The zero-order valence-electron chi connectivity index (χ0n) is 9.70. The number of hydrogen-bond donors (Lipinski definition) is 0. The first-order valence-electron chi connectivity index (χ1n) is 5.29. The van der Waals surface area contributed by atoms with Crippen molar-refractivity contribution in [3.05, 3.63) is 22.2 Å². The van der Waals surface area contributed by atoms with E-state index < -0.39 is 9.05 Å². The number of nitrogens with zero attached hydrogens (tertiary/aromatic N) is 1. The van der Waals surface area contributed by atoms with Crippen molar-refractivity contribution >= 4 is 42.9 Å². The molecule has 0 heterocycles. The van der Waals surface area contributed by atoms with Crippen molar-refractivity contribution in [2.24, 2.45) is 0 Å². The van der Waals surface area contributed by atoms with Crippen LogP contribution in [0.25, 0.3) is 0 Å². The molecule has 0 aliphatic rings. The molecule has 0 saturated heterocycles. The van der Waals surface area contributed by atoms with E-state index in [1.165, 1.54) is 6.07 Å². The smallest absolute Gasteiger partial charge is 0.262 e. The van der Waals surface area contributed by atoms with E-state index in [1.807, 2.05) is 6.07 Å². The Bertz CT molecular complexity index is 596. The van der Waals surface area contributed by atoms with Gasteiger partial charge in [-0.25, -0.2) is 8.42 Å². The molecule has 0 N–H and O–H groups in total. The number of halogens is 3. The molecule has 1 rings (SSSR count). The van der Waals surface area contributed by atoms with Crippen LogP contribution in [0.1, 0.15) is 19.3 Å². The lowest BCUT2D eigenvalue weighted by Crippen LogP contribution is -1.99. The lowest BCUT2D eigenvalue weighted by atomic mass is 10.2. The minimum atomic E-state index is -3.94. The Kier molecular flexibility index (Phi) is 6.21. The Morgan fingerprint density at radius 1 is 1.21 bits per heavy atom. The maximum Gasteiger partial charge on any atom is 0.262 e. The predicted octanol–water partition coefficient (Wildman–Crippen LogP) is 3.99. The molecule has 19 heavy (non-hydrogen) atoms. The molecule has 0 bridgehead atoms. The highest BCUT2D eigenvalue weighted by molar-refractivity contribution is 8.13. The Morgan fingerprint density at radius 2 is 1.89 bits per heavy atom. The summed E-state index contributed by atoms with van der Waals surface area (Å²) in [5, 5.41) is 8.44. The highest BCUT2D eigenvalue weighted by Crippen LogP contribution is 2.35. The van der Waals surface area contributed by atoms with Gasteiger partial charge in [-0.3, -0.25) is 0 Å². The molecule has 0 radical (unpaired) electrons. The summed E-state index contributed by atoms with van der Waals surface area (Å²) in [6.45, 7) is 0.366. The normalized spacial score (nSPS) is 11.1. The molecule has 0 aromatic heterocycles. The van der Waals surface area contributed by atoms with Crippen molar-refractivity contribution < 1.29 is 13.2 Å². The van der Waals surface area contributed by atoms with E-state index in [2.05, 4.69) is 0 Å². The second-order valence-corrected chi connectivity index (χ2v) is 6.96. The van der Waals surface area contributed by atoms with Gasteiger partial charge in [0.2, 0.25) is 0 Å². The standard InChI is InChI=1S/C11H10Cl3NO3S/c12-8-7-11(19(14,16)17)9(13)6-10(8)18-5-3-1-2-4-15/h6-7H,1-3,5H2. The van der Waals surface area contributed by atoms with E-state index in [4.69, 9.17) is 43.9 Å². The van der Waals surface area contributed by atoms with Crippen molar-refractivity contribution in [2.45, 2.75) is 24.2 Å². The third-order valence-electron chi connectivity index (χ3n) is 2.19. The molecule has 0 aliphatic carbocycles. The summed E-state index contributed by atoms with van der Waals surface area (Å²) in [6, 6.07) is 4.49. The lowest BCUT2D eigenvalue weighted by Gasteiger charge is -2.09. The fraction of sp³-hybridized carbons (Fsp3) is 0.364. The first kappa shape index (κ1) is 16.4. The third-order valence-corrected chi connectivity index (χ3v) is 4.27. The zero-order valence-corrected chi connectivity index (χ0v) is 12.8. The van der Waals surface area contributed by atoms with Gasteiger partial charge in [0.05, 0.1) is 22.7 Å². The maximum atomic E-state index is 11.2. The molecule has 0 fully saturated rings. The van der Waals surface area contributed by atoms with Crippen LogP contribution in [-0.2, 0) is 9.05 Å². The molecule has 8 heteroatoms. The number of hydrogen-bond acceptors (Lipinski definition) is 4. The molecule has 0 aliphatic heterocycles. The van der Waals surface area contributed by atoms with Gasteiger partial charge in [0.15, 0.2) is 0 Å². The van der Waals surface area contributed by atoms with Crippen molar-refractivity contribution in [2.75, 3.05) is 6.61 Å². The van der Waals surface area contributed by atoms with Crippen LogP contribution in [0.4, 0.5) is 0 Å². The van der Waals surface area contributed by atoms with Crippen LogP contribution in [0.3, 0.4) is 0 Å². The van der Waals surface area contributed by atoms with Crippen LogP contribution >= 0.6 is 33.9 Å². The van der Waals surface area contributed by atoms with Crippen LogP contribution in [0.15, 0.2) is 17.0 Å². The molecule has 0 unspecified atom stereocenters. The average Bonchev–Trinajstić information content (AvgIpc) is 2.31. The molecular weight excluding hydrogens is 333 g/mol. The van der Waals surface area contributed by atoms with Gasteiger partial charge < -0.3 is 4.74 Å². The Labute approximate surface area is 126 Å². The lowest BCUT2D eigenvalue weighted by molar-refractivity contribution is 0.307. The second kappa shape index (κ2) is 7.20. The van der Waals surface area contributed by atoms with Gasteiger partial charge in [-0.2, -0.15) is 5.26 Å². The minimum Gasteiger partial charge on any atom is -0.492 e. The fourth-order valence-corrected chi connectivity index (χ4v) is 3.09. The summed E-state index contributed by atoms with van der Waals surface area (Å²) in [7, 11) is 1.27. The van der Waals surface area contributed by atoms with Crippen LogP contribution in [-0.4, -0.2) is 15.0 Å². The van der Waals surface area contributed by atoms with Gasteiger partial charge in [0.25, 0.3) is 9.05 Å². The zero-order chi connectivity index (χ0) is 14.5. The highest BCUT2D eigenvalue weighted by atomic mass is 35.7. The first-order valence-corrected chi connectivity index (χ1v) is 8.36. The van der Waals surface area contributed by atoms with Gasteiger partial charge >= 0.3 is 0 Å². The quantitative estimate of drug-likeness (QED) is 0.579. The first-order chi connectivity index (χ1) is 8.86. The molecule has 104 valence electrons. The molecule has 1 aromatic rings.